The summed E-state index contributed by atoms with van der Waals surface area (Å²) >= 11 is 1.42. The Kier molecular flexibility index (Phi) is 6.89. The standard InChI is InChI=1S/C23H26N10OS/c1-15-13-19(32-31-15)27-22-28-21(25-9-2-11-33-12-10-24-14-33)29-23(30-22)35-18-7-5-17(6-8-18)26-20(34)16-3-4-16/h5-8,10,12-14,16H,2-4,9,11H2,1H3,(H,26,34)(H3,25,27,28,29,30,31,32). The summed E-state index contributed by atoms with van der Waals surface area (Å²) < 4.78 is 2.03. The zero-order valence-corrected chi connectivity index (χ0v) is 20.0. The van der Waals surface area contributed by atoms with E-state index in [0.29, 0.717) is 29.4 Å². The molecular weight excluding hydrogens is 464 g/mol. The first-order valence-electron chi connectivity index (χ1n) is 11.4. The first-order valence-corrected chi connectivity index (χ1v) is 12.3. The molecule has 35 heavy (non-hydrogen) atoms. The van der Waals surface area contributed by atoms with E-state index in [-0.39, 0.29) is 11.8 Å². The summed E-state index contributed by atoms with van der Waals surface area (Å²) in [4.78, 5) is 30.6. The maximum atomic E-state index is 12.0. The van der Waals surface area contributed by atoms with Gasteiger partial charge in [-0.1, -0.05) is 0 Å². The number of carbonyl (C=O) groups is 1. The molecule has 0 radical (unpaired) electrons. The van der Waals surface area contributed by atoms with Gasteiger partial charge in [-0.3, -0.25) is 9.89 Å². The molecule has 3 heterocycles. The van der Waals surface area contributed by atoms with Gasteiger partial charge in [-0.25, -0.2) is 4.98 Å². The van der Waals surface area contributed by atoms with Crippen molar-refractivity contribution in [2.45, 2.75) is 42.8 Å². The number of aromatic amines is 1. The molecule has 180 valence electrons. The van der Waals surface area contributed by atoms with E-state index >= 15 is 0 Å². The Morgan fingerprint density at radius 2 is 2.00 bits per heavy atom. The summed E-state index contributed by atoms with van der Waals surface area (Å²) in [5, 5.41) is 17.0. The first kappa shape index (κ1) is 22.8. The number of carbonyl (C=O) groups excluding carboxylic acids is 1. The molecule has 1 aliphatic carbocycles. The van der Waals surface area contributed by atoms with Crippen LogP contribution in [0.15, 0.2) is 59.1 Å². The van der Waals surface area contributed by atoms with Crippen LogP contribution in [-0.2, 0) is 11.3 Å². The molecule has 0 bridgehead atoms. The van der Waals surface area contributed by atoms with Gasteiger partial charge >= 0.3 is 0 Å². The molecule has 5 rings (SSSR count). The molecule has 1 fully saturated rings. The van der Waals surface area contributed by atoms with Gasteiger partial charge in [-0.15, -0.1) is 0 Å². The van der Waals surface area contributed by atoms with Crippen LogP contribution in [0.25, 0.3) is 0 Å². The van der Waals surface area contributed by atoms with Crippen molar-refractivity contribution >= 4 is 41.1 Å². The van der Waals surface area contributed by atoms with Crippen LogP contribution in [0.3, 0.4) is 0 Å². The fraction of sp³-hybridized carbons (Fsp3) is 0.304. The van der Waals surface area contributed by atoms with Gasteiger partial charge in [0.25, 0.3) is 0 Å². The van der Waals surface area contributed by atoms with E-state index in [9.17, 15) is 4.79 Å². The third-order valence-corrected chi connectivity index (χ3v) is 6.15. The van der Waals surface area contributed by atoms with Crippen LogP contribution in [0, 0.1) is 12.8 Å². The summed E-state index contributed by atoms with van der Waals surface area (Å²) in [5.74, 6) is 1.78. The number of aromatic nitrogens is 7. The van der Waals surface area contributed by atoms with Crippen LogP contribution in [0.5, 0.6) is 0 Å². The van der Waals surface area contributed by atoms with Crippen LogP contribution < -0.4 is 16.0 Å². The van der Waals surface area contributed by atoms with E-state index in [1.165, 1.54) is 11.8 Å². The molecule has 0 spiro atoms. The number of imidazole rings is 1. The third kappa shape index (κ3) is 6.57. The van der Waals surface area contributed by atoms with Crippen molar-refractivity contribution in [3.63, 3.8) is 0 Å². The lowest BCUT2D eigenvalue weighted by molar-refractivity contribution is -0.117. The Morgan fingerprint density at radius 3 is 2.71 bits per heavy atom. The molecule has 4 N–H and O–H groups in total. The van der Waals surface area contributed by atoms with E-state index in [0.717, 1.165) is 42.1 Å². The van der Waals surface area contributed by atoms with Crippen LogP contribution in [0.1, 0.15) is 25.0 Å². The minimum Gasteiger partial charge on any atom is -0.354 e. The lowest BCUT2D eigenvalue weighted by Gasteiger charge is -2.10. The monoisotopic (exact) mass is 490 g/mol. The number of nitrogens with one attached hydrogen (secondary N) is 4. The number of benzene rings is 1. The Balaban J connectivity index is 1.26. The number of nitrogens with zero attached hydrogens (tertiary/aromatic N) is 6. The van der Waals surface area contributed by atoms with E-state index in [1.807, 2.05) is 48.0 Å². The average molecular weight is 491 g/mol. The van der Waals surface area contributed by atoms with Gasteiger partial charge < -0.3 is 20.5 Å². The maximum absolute atomic E-state index is 12.0. The topological polar surface area (TPSA) is 138 Å². The van der Waals surface area contributed by atoms with Crippen molar-refractivity contribution in [2.75, 3.05) is 22.5 Å². The molecular formula is C23H26N10OS. The predicted octanol–water partition coefficient (Wildman–Crippen LogP) is 3.85. The van der Waals surface area contributed by atoms with E-state index in [2.05, 4.69) is 46.1 Å². The minimum absolute atomic E-state index is 0.0935. The van der Waals surface area contributed by atoms with Gasteiger partial charge in [0.15, 0.2) is 11.0 Å². The van der Waals surface area contributed by atoms with Crippen molar-refractivity contribution in [2.24, 2.45) is 5.92 Å². The van der Waals surface area contributed by atoms with Gasteiger partial charge in [0.05, 0.1) is 6.33 Å². The largest absolute Gasteiger partial charge is 0.354 e. The molecule has 1 amide bonds. The summed E-state index contributed by atoms with van der Waals surface area (Å²) in [7, 11) is 0. The van der Waals surface area contributed by atoms with E-state index < -0.39 is 0 Å². The molecule has 0 unspecified atom stereocenters. The number of hydrogen-bond donors (Lipinski definition) is 4. The quantitative estimate of drug-likeness (QED) is 0.231. The van der Waals surface area contributed by atoms with Crippen molar-refractivity contribution < 1.29 is 4.79 Å². The van der Waals surface area contributed by atoms with Crippen LogP contribution in [0.2, 0.25) is 0 Å². The SMILES string of the molecule is Cc1cc(Nc2nc(NCCCn3ccnc3)nc(Sc3ccc(NC(=O)C4CC4)cc3)n2)n[nH]1. The highest BCUT2D eigenvalue weighted by Crippen LogP contribution is 2.31. The molecule has 1 saturated carbocycles. The van der Waals surface area contributed by atoms with Gasteiger partial charge in [0.1, 0.15) is 0 Å². The van der Waals surface area contributed by atoms with E-state index in [4.69, 9.17) is 0 Å². The van der Waals surface area contributed by atoms with Gasteiger partial charge in [-0.2, -0.15) is 20.1 Å². The summed E-state index contributed by atoms with van der Waals surface area (Å²) in [6.45, 7) is 3.47. The maximum Gasteiger partial charge on any atom is 0.234 e. The number of hydrogen-bond acceptors (Lipinski definition) is 9. The van der Waals surface area contributed by atoms with Crippen LogP contribution >= 0.6 is 11.8 Å². The number of amides is 1. The van der Waals surface area contributed by atoms with Crippen molar-refractivity contribution in [1.82, 2.24) is 34.7 Å². The fourth-order valence-corrected chi connectivity index (χ4v) is 4.06. The lowest BCUT2D eigenvalue weighted by atomic mass is 10.3. The van der Waals surface area contributed by atoms with Crippen LogP contribution in [0.4, 0.5) is 23.4 Å². The Labute approximate surface area is 206 Å². The second-order valence-corrected chi connectivity index (χ2v) is 9.34. The predicted molar refractivity (Wildman–Crippen MR) is 134 cm³/mol. The highest BCUT2D eigenvalue weighted by Gasteiger charge is 2.29. The molecule has 11 nitrogen and oxygen atoms in total. The second-order valence-electron chi connectivity index (χ2n) is 8.30. The average Bonchev–Trinajstić information content (AvgIpc) is 3.43. The highest BCUT2D eigenvalue weighted by atomic mass is 32.2. The molecule has 1 aliphatic rings. The number of aryl methyl sites for hydroxylation is 2. The zero-order valence-electron chi connectivity index (χ0n) is 19.2. The molecule has 4 aromatic rings. The minimum atomic E-state index is 0.0935. The summed E-state index contributed by atoms with van der Waals surface area (Å²) in [5.41, 5.74) is 1.72. The Hall–Kier alpha value is -3.93. The lowest BCUT2D eigenvalue weighted by Crippen LogP contribution is -2.13. The summed E-state index contributed by atoms with van der Waals surface area (Å²) in [6, 6.07) is 9.55. The molecule has 12 heteroatoms. The van der Waals surface area contributed by atoms with Gasteiger partial charge in [-0.05, 0) is 62.2 Å². The highest BCUT2D eigenvalue weighted by molar-refractivity contribution is 7.99. The first-order chi connectivity index (χ1) is 17.1. The molecule has 1 aromatic carbocycles. The summed E-state index contributed by atoms with van der Waals surface area (Å²) in [6.07, 6.45) is 8.36. The normalized spacial score (nSPS) is 12.9. The van der Waals surface area contributed by atoms with Gasteiger partial charge in [0.2, 0.25) is 17.8 Å². The Bertz CT molecular complexity index is 1270. The molecule has 0 atom stereocenters. The van der Waals surface area contributed by atoms with Crippen LogP contribution in [-0.4, -0.2) is 47.2 Å². The number of rotatable bonds is 11. The van der Waals surface area contributed by atoms with Gasteiger partial charge in [0, 0.05) is 53.7 Å². The van der Waals surface area contributed by atoms with Crippen molar-refractivity contribution in [3.05, 3.63) is 54.7 Å². The molecule has 0 aliphatic heterocycles. The molecule has 3 aromatic heterocycles. The second kappa shape index (κ2) is 10.6. The fourth-order valence-electron chi connectivity index (χ4n) is 3.32. The Morgan fingerprint density at radius 1 is 1.17 bits per heavy atom. The zero-order chi connectivity index (χ0) is 24.0. The smallest absolute Gasteiger partial charge is 0.234 e. The van der Waals surface area contributed by atoms with E-state index in [1.54, 1.807) is 12.5 Å². The van der Waals surface area contributed by atoms with Crippen molar-refractivity contribution in [3.8, 4) is 0 Å². The number of anilines is 4. The molecule has 0 saturated heterocycles. The van der Waals surface area contributed by atoms with Crippen molar-refractivity contribution in [1.29, 1.82) is 0 Å². The number of H-pyrrole nitrogens is 1. The third-order valence-electron chi connectivity index (χ3n) is 5.28.